The van der Waals surface area contributed by atoms with Crippen molar-refractivity contribution < 1.29 is 9.21 Å². The largest absolute Gasteiger partial charge is 0.467 e. The summed E-state index contributed by atoms with van der Waals surface area (Å²) in [6, 6.07) is 12.7. The van der Waals surface area contributed by atoms with Crippen LogP contribution in [0.25, 0.3) is 6.08 Å². The molecule has 0 radical (unpaired) electrons. The summed E-state index contributed by atoms with van der Waals surface area (Å²) in [6.45, 7) is 0.255. The lowest BCUT2D eigenvalue weighted by Gasteiger charge is -2.02. The van der Waals surface area contributed by atoms with Crippen LogP contribution in [0.2, 0.25) is 0 Å². The average molecular weight is 331 g/mol. The summed E-state index contributed by atoms with van der Waals surface area (Å²) in [4.78, 5) is 11.9. The summed E-state index contributed by atoms with van der Waals surface area (Å²) < 4.78 is 6.05. The molecule has 0 fully saturated rings. The fourth-order valence-electron chi connectivity index (χ4n) is 1.55. The first-order valence-electron chi connectivity index (χ1n) is 5.87. The Hall–Kier alpha value is -2.32. The first kappa shape index (κ1) is 14.1. The summed E-state index contributed by atoms with van der Waals surface area (Å²) in [7, 11) is 0. The number of benzene rings is 1. The predicted octanol–water partition coefficient (Wildman–Crippen LogP) is 3.27. The second kappa shape index (κ2) is 6.73. The minimum absolute atomic E-state index is 0.0545. The lowest BCUT2D eigenvalue weighted by molar-refractivity contribution is -0.117. The monoisotopic (exact) mass is 330 g/mol. The van der Waals surface area contributed by atoms with E-state index in [1.54, 1.807) is 18.2 Å². The van der Waals surface area contributed by atoms with E-state index in [0.717, 1.165) is 10.0 Å². The zero-order valence-electron chi connectivity index (χ0n) is 10.5. The third-order valence-corrected chi connectivity index (χ3v) is 3.08. The van der Waals surface area contributed by atoms with E-state index in [1.807, 2.05) is 30.3 Å². The van der Waals surface area contributed by atoms with Gasteiger partial charge in [-0.05, 0) is 35.9 Å². The molecule has 0 saturated carbocycles. The predicted molar refractivity (Wildman–Crippen MR) is 78.3 cm³/mol. The highest BCUT2D eigenvalue weighted by molar-refractivity contribution is 9.10. The molecule has 0 atom stereocenters. The highest BCUT2D eigenvalue weighted by Gasteiger charge is 2.09. The Balaban J connectivity index is 2.05. The molecule has 2 aromatic rings. The third kappa shape index (κ3) is 3.84. The van der Waals surface area contributed by atoms with Gasteiger partial charge in [0.15, 0.2) is 0 Å². The summed E-state index contributed by atoms with van der Waals surface area (Å²) >= 11 is 3.33. The first-order valence-corrected chi connectivity index (χ1v) is 6.66. The minimum atomic E-state index is -0.424. The number of hydrogen-bond donors (Lipinski definition) is 1. The van der Waals surface area contributed by atoms with E-state index in [9.17, 15) is 4.79 Å². The SMILES string of the molecule is N#C/C(=C\c1ccc(Br)cc1)C(=O)NCc1ccco1. The van der Waals surface area contributed by atoms with Gasteiger partial charge in [-0.25, -0.2) is 0 Å². The van der Waals surface area contributed by atoms with Crippen LogP contribution < -0.4 is 5.32 Å². The molecule has 1 aromatic carbocycles. The molecular formula is C15H11BrN2O2. The zero-order chi connectivity index (χ0) is 14.4. The Labute approximate surface area is 124 Å². The number of nitriles is 1. The van der Waals surface area contributed by atoms with E-state index in [2.05, 4.69) is 21.2 Å². The molecule has 20 heavy (non-hydrogen) atoms. The van der Waals surface area contributed by atoms with Crippen molar-refractivity contribution in [3.8, 4) is 6.07 Å². The van der Waals surface area contributed by atoms with Crippen LogP contribution in [0.3, 0.4) is 0 Å². The van der Waals surface area contributed by atoms with Gasteiger partial charge in [0, 0.05) is 4.47 Å². The van der Waals surface area contributed by atoms with Gasteiger partial charge in [-0.1, -0.05) is 28.1 Å². The Morgan fingerprint density at radius 1 is 1.35 bits per heavy atom. The number of amides is 1. The maximum absolute atomic E-state index is 11.9. The van der Waals surface area contributed by atoms with E-state index >= 15 is 0 Å². The minimum Gasteiger partial charge on any atom is -0.467 e. The normalized spacial score (nSPS) is 10.9. The highest BCUT2D eigenvalue weighted by Crippen LogP contribution is 2.13. The van der Waals surface area contributed by atoms with Gasteiger partial charge in [-0.15, -0.1) is 0 Å². The fourth-order valence-corrected chi connectivity index (χ4v) is 1.81. The summed E-state index contributed by atoms with van der Waals surface area (Å²) in [5, 5.41) is 11.7. The molecular weight excluding hydrogens is 320 g/mol. The summed E-state index contributed by atoms with van der Waals surface area (Å²) in [6.07, 6.45) is 3.08. The van der Waals surface area contributed by atoms with Gasteiger partial charge < -0.3 is 9.73 Å². The second-order valence-corrected chi connectivity index (χ2v) is 4.90. The van der Waals surface area contributed by atoms with Gasteiger partial charge in [0.2, 0.25) is 0 Å². The van der Waals surface area contributed by atoms with Crippen molar-refractivity contribution >= 4 is 27.9 Å². The van der Waals surface area contributed by atoms with Crippen molar-refractivity contribution in [1.29, 1.82) is 5.26 Å². The summed E-state index contributed by atoms with van der Waals surface area (Å²) in [5.74, 6) is 0.214. The number of rotatable bonds is 4. The van der Waals surface area contributed by atoms with Gasteiger partial charge in [-0.2, -0.15) is 5.26 Å². The molecule has 1 N–H and O–H groups in total. The molecule has 0 aliphatic heterocycles. The van der Waals surface area contributed by atoms with Crippen molar-refractivity contribution in [2.75, 3.05) is 0 Å². The quantitative estimate of drug-likeness (QED) is 0.691. The van der Waals surface area contributed by atoms with E-state index < -0.39 is 5.91 Å². The number of hydrogen-bond acceptors (Lipinski definition) is 3. The Morgan fingerprint density at radius 3 is 2.70 bits per heavy atom. The van der Waals surface area contributed by atoms with Gasteiger partial charge in [0.25, 0.3) is 5.91 Å². The first-order chi connectivity index (χ1) is 9.69. The fraction of sp³-hybridized carbons (Fsp3) is 0.0667. The number of carbonyl (C=O) groups is 1. The molecule has 5 heteroatoms. The van der Waals surface area contributed by atoms with Crippen molar-refractivity contribution in [3.05, 3.63) is 64.0 Å². The van der Waals surface area contributed by atoms with Crippen LogP contribution >= 0.6 is 15.9 Å². The molecule has 0 spiro atoms. The lowest BCUT2D eigenvalue weighted by atomic mass is 10.1. The van der Waals surface area contributed by atoms with Crippen molar-refractivity contribution in [2.24, 2.45) is 0 Å². The Morgan fingerprint density at radius 2 is 2.10 bits per heavy atom. The number of halogens is 1. The zero-order valence-corrected chi connectivity index (χ0v) is 12.1. The topological polar surface area (TPSA) is 66.0 Å². The maximum atomic E-state index is 11.9. The Bertz CT molecular complexity index is 652. The molecule has 0 bridgehead atoms. The molecule has 0 aliphatic rings. The van der Waals surface area contributed by atoms with Crippen molar-refractivity contribution in [2.45, 2.75) is 6.54 Å². The summed E-state index contributed by atoms with van der Waals surface area (Å²) in [5.41, 5.74) is 0.844. The highest BCUT2D eigenvalue weighted by atomic mass is 79.9. The number of furan rings is 1. The standard InChI is InChI=1S/C15H11BrN2O2/c16-13-5-3-11(4-6-13)8-12(9-17)15(19)18-10-14-2-1-7-20-14/h1-8H,10H2,(H,18,19)/b12-8+. The van der Waals surface area contributed by atoms with Crippen LogP contribution in [0, 0.1) is 11.3 Å². The molecule has 4 nitrogen and oxygen atoms in total. The number of nitrogens with one attached hydrogen (secondary N) is 1. The Kier molecular flexibility index (Phi) is 4.75. The molecule has 1 amide bonds. The van der Waals surface area contributed by atoms with Gasteiger partial charge in [0.1, 0.15) is 17.4 Å². The molecule has 0 saturated heterocycles. The maximum Gasteiger partial charge on any atom is 0.262 e. The lowest BCUT2D eigenvalue weighted by Crippen LogP contribution is -2.23. The number of carbonyl (C=O) groups excluding carboxylic acids is 1. The van der Waals surface area contributed by atoms with Crippen LogP contribution in [0.15, 0.2) is 57.1 Å². The van der Waals surface area contributed by atoms with E-state index in [4.69, 9.17) is 9.68 Å². The van der Waals surface area contributed by atoms with E-state index in [0.29, 0.717) is 5.76 Å². The third-order valence-electron chi connectivity index (χ3n) is 2.55. The van der Waals surface area contributed by atoms with Gasteiger partial charge in [-0.3, -0.25) is 4.79 Å². The van der Waals surface area contributed by atoms with E-state index in [-0.39, 0.29) is 12.1 Å². The molecule has 2 rings (SSSR count). The van der Waals surface area contributed by atoms with E-state index in [1.165, 1.54) is 6.26 Å². The molecule has 0 aliphatic carbocycles. The molecule has 100 valence electrons. The van der Waals surface area contributed by atoms with Crippen LogP contribution in [0.1, 0.15) is 11.3 Å². The van der Waals surface area contributed by atoms with Gasteiger partial charge in [0.05, 0.1) is 12.8 Å². The van der Waals surface area contributed by atoms with Crippen LogP contribution in [-0.2, 0) is 11.3 Å². The number of nitrogens with zero attached hydrogens (tertiary/aromatic N) is 1. The molecule has 1 aromatic heterocycles. The van der Waals surface area contributed by atoms with Crippen molar-refractivity contribution in [1.82, 2.24) is 5.32 Å². The van der Waals surface area contributed by atoms with Crippen molar-refractivity contribution in [3.63, 3.8) is 0 Å². The molecule has 1 heterocycles. The van der Waals surface area contributed by atoms with Gasteiger partial charge >= 0.3 is 0 Å². The average Bonchev–Trinajstić information content (AvgIpc) is 2.97. The molecule has 0 unspecified atom stereocenters. The second-order valence-electron chi connectivity index (χ2n) is 3.98. The van der Waals surface area contributed by atoms with Crippen LogP contribution in [0.5, 0.6) is 0 Å². The smallest absolute Gasteiger partial charge is 0.262 e. The van der Waals surface area contributed by atoms with Crippen LogP contribution in [-0.4, -0.2) is 5.91 Å². The van der Waals surface area contributed by atoms with Crippen LogP contribution in [0.4, 0.5) is 0 Å².